The largest absolute Gasteiger partial charge is 0.431 e. The van der Waals surface area contributed by atoms with Gasteiger partial charge in [-0.15, -0.1) is 0 Å². The summed E-state index contributed by atoms with van der Waals surface area (Å²) in [7, 11) is 0. The van der Waals surface area contributed by atoms with E-state index in [1.165, 1.54) is 23.9 Å². The Morgan fingerprint density at radius 3 is 2.53 bits per heavy atom. The highest BCUT2D eigenvalue weighted by Crippen LogP contribution is 2.30. The Balaban J connectivity index is 1.86. The minimum atomic E-state index is -0.423. The van der Waals surface area contributed by atoms with Gasteiger partial charge in [-0.1, -0.05) is 12.1 Å². The molecule has 0 amide bonds. The van der Waals surface area contributed by atoms with Gasteiger partial charge in [-0.3, -0.25) is 10.1 Å². The first-order valence-corrected chi connectivity index (χ1v) is 6.32. The van der Waals surface area contributed by atoms with Gasteiger partial charge >= 0.3 is 0 Å². The van der Waals surface area contributed by atoms with Crippen molar-refractivity contribution >= 4 is 28.5 Å². The zero-order valence-corrected chi connectivity index (χ0v) is 10.5. The van der Waals surface area contributed by atoms with E-state index in [9.17, 15) is 10.1 Å². The maximum Gasteiger partial charge on any atom is 0.269 e. The second-order valence-electron chi connectivity index (χ2n) is 3.80. The Bertz CT molecular complexity index is 704. The normalized spacial score (nSPS) is 10.7. The van der Waals surface area contributed by atoms with Crippen molar-refractivity contribution in [3.05, 3.63) is 58.6 Å². The molecule has 5 nitrogen and oxygen atoms in total. The molecule has 0 bridgehead atoms. The number of oxazole rings is 1. The molecule has 3 rings (SSSR count). The van der Waals surface area contributed by atoms with Crippen molar-refractivity contribution < 1.29 is 9.34 Å². The first-order chi connectivity index (χ1) is 9.22. The highest BCUT2D eigenvalue weighted by molar-refractivity contribution is 7.99. The molecule has 3 aromatic rings. The van der Waals surface area contributed by atoms with E-state index >= 15 is 0 Å². The van der Waals surface area contributed by atoms with Crippen LogP contribution in [-0.2, 0) is 0 Å². The number of hydrogen-bond acceptors (Lipinski definition) is 5. The first kappa shape index (κ1) is 11.7. The number of nitrogens with zero attached hydrogens (tertiary/aromatic N) is 2. The lowest BCUT2D eigenvalue weighted by Crippen LogP contribution is -1.86. The molecular formula is C13H8N2O3S. The van der Waals surface area contributed by atoms with Crippen LogP contribution in [0.2, 0.25) is 0 Å². The third kappa shape index (κ3) is 2.43. The lowest BCUT2D eigenvalue weighted by atomic mass is 10.3. The topological polar surface area (TPSA) is 69.2 Å². The number of nitro benzene ring substituents is 1. The number of para-hydroxylation sites is 2. The zero-order valence-electron chi connectivity index (χ0n) is 9.65. The smallest absolute Gasteiger partial charge is 0.269 e. The van der Waals surface area contributed by atoms with Gasteiger partial charge in [0.25, 0.3) is 10.9 Å². The van der Waals surface area contributed by atoms with E-state index in [2.05, 4.69) is 4.98 Å². The summed E-state index contributed by atoms with van der Waals surface area (Å²) in [5.41, 5.74) is 1.60. The predicted molar refractivity (Wildman–Crippen MR) is 71.2 cm³/mol. The van der Waals surface area contributed by atoms with Crippen molar-refractivity contribution in [2.45, 2.75) is 10.1 Å². The van der Waals surface area contributed by atoms with Crippen LogP contribution >= 0.6 is 11.8 Å². The van der Waals surface area contributed by atoms with Crippen molar-refractivity contribution in [2.75, 3.05) is 0 Å². The minimum absolute atomic E-state index is 0.0712. The van der Waals surface area contributed by atoms with Crippen molar-refractivity contribution in [1.82, 2.24) is 4.98 Å². The molecule has 0 atom stereocenters. The van der Waals surface area contributed by atoms with Crippen LogP contribution in [0.3, 0.4) is 0 Å². The molecule has 0 N–H and O–H groups in total. The van der Waals surface area contributed by atoms with Crippen molar-refractivity contribution in [3.63, 3.8) is 0 Å². The standard InChI is InChI=1S/C13H8N2O3S/c16-15(17)9-5-7-10(8-6-9)19-13-14-11-3-1-2-4-12(11)18-13/h1-8H. The lowest BCUT2D eigenvalue weighted by Gasteiger charge is -1.96. The fourth-order valence-corrected chi connectivity index (χ4v) is 2.38. The van der Waals surface area contributed by atoms with Gasteiger partial charge in [-0.2, -0.15) is 0 Å². The lowest BCUT2D eigenvalue weighted by molar-refractivity contribution is -0.384. The van der Waals surface area contributed by atoms with Crippen LogP contribution in [0, 0.1) is 10.1 Å². The molecule has 19 heavy (non-hydrogen) atoms. The monoisotopic (exact) mass is 272 g/mol. The molecular weight excluding hydrogens is 264 g/mol. The van der Waals surface area contributed by atoms with Crippen LogP contribution in [0.1, 0.15) is 0 Å². The van der Waals surface area contributed by atoms with Crippen molar-refractivity contribution in [3.8, 4) is 0 Å². The van der Waals surface area contributed by atoms with Crippen LogP contribution in [-0.4, -0.2) is 9.91 Å². The van der Waals surface area contributed by atoms with Crippen LogP contribution in [0.15, 0.2) is 63.1 Å². The summed E-state index contributed by atoms with van der Waals surface area (Å²) in [6.45, 7) is 0. The Morgan fingerprint density at radius 2 is 1.84 bits per heavy atom. The summed E-state index contributed by atoms with van der Waals surface area (Å²) >= 11 is 1.33. The van der Waals surface area contributed by atoms with Gasteiger partial charge in [0.05, 0.1) is 4.92 Å². The number of aromatic nitrogens is 1. The Kier molecular flexibility index (Phi) is 2.92. The third-order valence-electron chi connectivity index (χ3n) is 2.53. The maximum atomic E-state index is 10.6. The molecule has 6 heteroatoms. The van der Waals surface area contributed by atoms with Gasteiger partial charge in [-0.05, 0) is 36.0 Å². The zero-order chi connectivity index (χ0) is 13.2. The van der Waals surface area contributed by atoms with Gasteiger partial charge in [0.15, 0.2) is 5.58 Å². The molecule has 0 aliphatic rings. The molecule has 94 valence electrons. The Hall–Kier alpha value is -2.34. The molecule has 0 fully saturated rings. The molecule has 2 aromatic carbocycles. The molecule has 1 heterocycles. The molecule has 0 saturated carbocycles. The van der Waals surface area contributed by atoms with Gasteiger partial charge in [0.1, 0.15) is 5.52 Å². The van der Waals surface area contributed by atoms with Crippen LogP contribution in [0.4, 0.5) is 5.69 Å². The van der Waals surface area contributed by atoms with E-state index in [1.54, 1.807) is 12.1 Å². The quantitative estimate of drug-likeness (QED) is 0.534. The number of fused-ring (bicyclic) bond motifs is 1. The molecule has 0 spiro atoms. The molecule has 0 unspecified atom stereocenters. The van der Waals surface area contributed by atoms with E-state index in [-0.39, 0.29) is 5.69 Å². The number of rotatable bonds is 3. The van der Waals surface area contributed by atoms with Crippen molar-refractivity contribution in [1.29, 1.82) is 0 Å². The molecule has 1 aromatic heterocycles. The highest BCUT2D eigenvalue weighted by atomic mass is 32.2. The number of nitro groups is 1. The average Bonchev–Trinajstić information content (AvgIpc) is 2.81. The second-order valence-corrected chi connectivity index (χ2v) is 4.83. The molecule has 0 radical (unpaired) electrons. The summed E-state index contributed by atoms with van der Waals surface area (Å²) < 4.78 is 5.57. The Morgan fingerprint density at radius 1 is 1.11 bits per heavy atom. The van der Waals surface area contributed by atoms with Gasteiger partial charge < -0.3 is 4.42 Å². The summed E-state index contributed by atoms with van der Waals surface area (Å²) in [4.78, 5) is 15.3. The first-order valence-electron chi connectivity index (χ1n) is 5.50. The van der Waals surface area contributed by atoms with Crippen LogP contribution in [0.5, 0.6) is 0 Å². The van der Waals surface area contributed by atoms with Gasteiger partial charge in [0, 0.05) is 17.0 Å². The van der Waals surface area contributed by atoms with E-state index < -0.39 is 4.92 Å². The van der Waals surface area contributed by atoms with E-state index in [0.717, 1.165) is 16.0 Å². The van der Waals surface area contributed by atoms with Crippen molar-refractivity contribution in [2.24, 2.45) is 0 Å². The average molecular weight is 272 g/mol. The predicted octanol–water partition coefficient (Wildman–Crippen LogP) is 3.89. The summed E-state index contributed by atoms with van der Waals surface area (Å²) in [6, 6.07) is 13.8. The van der Waals surface area contributed by atoms with Gasteiger partial charge in [0.2, 0.25) is 0 Å². The van der Waals surface area contributed by atoms with E-state index in [1.807, 2.05) is 24.3 Å². The van der Waals surface area contributed by atoms with E-state index in [0.29, 0.717) is 5.22 Å². The second kappa shape index (κ2) is 4.74. The molecule has 0 saturated heterocycles. The number of non-ortho nitro benzene ring substituents is 1. The molecule has 0 aliphatic carbocycles. The number of hydrogen-bond donors (Lipinski definition) is 0. The minimum Gasteiger partial charge on any atom is -0.431 e. The summed E-state index contributed by atoms with van der Waals surface area (Å²) in [6.07, 6.45) is 0. The SMILES string of the molecule is O=[N+]([O-])c1ccc(Sc2nc3ccccc3o2)cc1. The maximum absolute atomic E-state index is 10.6. The fraction of sp³-hybridized carbons (Fsp3) is 0. The fourth-order valence-electron chi connectivity index (χ4n) is 1.63. The Labute approximate surface area is 112 Å². The van der Waals surface area contributed by atoms with E-state index in [4.69, 9.17) is 4.42 Å². The molecule has 0 aliphatic heterocycles. The van der Waals surface area contributed by atoms with Crippen LogP contribution < -0.4 is 0 Å². The summed E-state index contributed by atoms with van der Waals surface area (Å²) in [5, 5.41) is 11.1. The summed E-state index contributed by atoms with van der Waals surface area (Å²) in [5.74, 6) is 0. The van der Waals surface area contributed by atoms with Gasteiger partial charge in [-0.25, -0.2) is 4.98 Å². The highest BCUT2D eigenvalue weighted by Gasteiger charge is 2.09. The van der Waals surface area contributed by atoms with Crippen LogP contribution in [0.25, 0.3) is 11.1 Å². The third-order valence-corrected chi connectivity index (χ3v) is 3.38. The number of benzene rings is 2.